The van der Waals surface area contributed by atoms with Crippen LogP contribution in [0.25, 0.3) is 0 Å². The first-order valence-corrected chi connectivity index (χ1v) is 5.67. The zero-order valence-corrected chi connectivity index (χ0v) is 10.0. The molecule has 6 nitrogen and oxygen atoms in total. The molecule has 1 saturated heterocycles. The average molecular weight is 236 g/mol. The summed E-state index contributed by atoms with van der Waals surface area (Å²) in [7, 11) is 0. The molecule has 0 unspecified atom stereocenters. The Labute approximate surface area is 99.8 Å². The van der Waals surface area contributed by atoms with E-state index in [1.807, 2.05) is 6.92 Å². The van der Waals surface area contributed by atoms with E-state index in [9.17, 15) is 10.1 Å². The molecule has 1 aromatic rings. The van der Waals surface area contributed by atoms with Crippen molar-refractivity contribution in [1.29, 1.82) is 0 Å². The molecule has 1 aliphatic rings. The molecular formula is C11H16N4O2. The van der Waals surface area contributed by atoms with Crippen molar-refractivity contribution in [1.82, 2.24) is 10.3 Å². The molecule has 0 amide bonds. The fourth-order valence-corrected chi connectivity index (χ4v) is 2.11. The fraction of sp³-hybridized carbons (Fsp3) is 0.545. The first kappa shape index (κ1) is 11.8. The summed E-state index contributed by atoms with van der Waals surface area (Å²) in [5, 5.41) is 14.0. The van der Waals surface area contributed by atoms with Crippen molar-refractivity contribution in [2.45, 2.75) is 19.9 Å². The van der Waals surface area contributed by atoms with Gasteiger partial charge >= 0.3 is 0 Å². The minimum Gasteiger partial charge on any atom is -0.354 e. The molecule has 1 atom stereocenters. The highest BCUT2D eigenvalue weighted by molar-refractivity contribution is 5.50. The zero-order valence-electron chi connectivity index (χ0n) is 10.0. The van der Waals surface area contributed by atoms with Crippen molar-refractivity contribution in [2.75, 3.05) is 24.5 Å². The van der Waals surface area contributed by atoms with Gasteiger partial charge in [0.2, 0.25) is 0 Å². The normalized spacial score (nSPS) is 20.4. The Bertz CT molecular complexity index is 435. The van der Waals surface area contributed by atoms with Gasteiger partial charge in [0, 0.05) is 31.7 Å². The molecule has 92 valence electrons. The van der Waals surface area contributed by atoms with Crippen LogP contribution in [-0.4, -0.2) is 35.6 Å². The van der Waals surface area contributed by atoms with E-state index in [1.165, 1.54) is 6.20 Å². The summed E-state index contributed by atoms with van der Waals surface area (Å²) in [6.45, 7) is 6.66. The molecule has 0 radical (unpaired) electrons. The lowest BCUT2D eigenvalue weighted by molar-refractivity contribution is -0.385. The summed E-state index contributed by atoms with van der Waals surface area (Å²) >= 11 is 0. The Morgan fingerprint density at radius 2 is 2.41 bits per heavy atom. The fourth-order valence-electron chi connectivity index (χ4n) is 2.11. The summed E-state index contributed by atoms with van der Waals surface area (Å²) in [5.74, 6) is 0.851. The van der Waals surface area contributed by atoms with Gasteiger partial charge in [0.1, 0.15) is 12.0 Å². The van der Waals surface area contributed by atoms with E-state index in [0.29, 0.717) is 6.04 Å². The summed E-state index contributed by atoms with van der Waals surface area (Å²) < 4.78 is 0. The van der Waals surface area contributed by atoms with E-state index in [2.05, 4.69) is 22.1 Å². The van der Waals surface area contributed by atoms with E-state index in [0.717, 1.165) is 31.0 Å². The number of pyridine rings is 1. The van der Waals surface area contributed by atoms with Gasteiger partial charge in [-0.3, -0.25) is 10.1 Å². The van der Waals surface area contributed by atoms with Gasteiger partial charge in [-0.2, -0.15) is 0 Å². The predicted octanol–water partition coefficient (Wildman–Crippen LogP) is 1.10. The Hall–Kier alpha value is -1.69. The average Bonchev–Trinajstić information content (AvgIpc) is 2.28. The quantitative estimate of drug-likeness (QED) is 0.615. The number of nitro groups is 1. The van der Waals surface area contributed by atoms with Crippen molar-refractivity contribution < 1.29 is 4.92 Å². The molecular weight excluding hydrogens is 220 g/mol. The lowest BCUT2D eigenvalue weighted by Gasteiger charge is -2.33. The zero-order chi connectivity index (χ0) is 12.4. The Kier molecular flexibility index (Phi) is 3.23. The molecule has 0 aliphatic carbocycles. The molecule has 0 spiro atoms. The maximum atomic E-state index is 10.6. The van der Waals surface area contributed by atoms with E-state index in [1.54, 1.807) is 6.07 Å². The van der Waals surface area contributed by atoms with E-state index >= 15 is 0 Å². The van der Waals surface area contributed by atoms with Crippen molar-refractivity contribution in [3.63, 3.8) is 0 Å². The number of rotatable bonds is 2. The maximum absolute atomic E-state index is 10.6. The summed E-state index contributed by atoms with van der Waals surface area (Å²) in [4.78, 5) is 16.6. The highest BCUT2D eigenvalue weighted by atomic mass is 16.6. The molecule has 1 N–H and O–H groups in total. The molecule has 2 rings (SSSR count). The lowest BCUT2D eigenvalue weighted by atomic mass is 10.2. The summed E-state index contributed by atoms with van der Waals surface area (Å²) in [5.41, 5.74) is 0.905. The molecule has 2 heterocycles. The van der Waals surface area contributed by atoms with Gasteiger partial charge in [0.05, 0.1) is 4.92 Å². The second-order valence-corrected chi connectivity index (χ2v) is 4.39. The van der Waals surface area contributed by atoms with Gasteiger partial charge in [-0.1, -0.05) is 0 Å². The second-order valence-electron chi connectivity index (χ2n) is 4.39. The third kappa shape index (κ3) is 2.52. The highest BCUT2D eigenvalue weighted by Gasteiger charge is 2.19. The third-order valence-corrected chi connectivity index (χ3v) is 2.92. The molecule has 0 bridgehead atoms. The van der Waals surface area contributed by atoms with Gasteiger partial charge in [-0.15, -0.1) is 0 Å². The van der Waals surface area contributed by atoms with E-state index in [-0.39, 0.29) is 5.69 Å². The minimum atomic E-state index is -0.413. The van der Waals surface area contributed by atoms with Crippen molar-refractivity contribution in [3.05, 3.63) is 27.9 Å². The smallest absolute Gasteiger partial charge is 0.287 e. The lowest BCUT2D eigenvalue weighted by Crippen LogP contribution is -2.49. The number of aromatic nitrogens is 1. The van der Waals surface area contributed by atoms with Crippen LogP contribution in [0.2, 0.25) is 0 Å². The Morgan fingerprint density at radius 3 is 3.00 bits per heavy atom. The van der Waals surface area contributed by atoms with Gasteiger partial charge in [-0.25, -0.2) is 4.98 Å². The SMILES string of the molecule is Cc1cc([N+](=O)[O-])cnc1N1CCN[C@H](C)C1. The predicted molar refractivity (Wildman–Crippen MR) is 65.3 cm³/mol. The van der Waals surface area contributed by atoms with Crippen LogP contribution in [0, 0.1) is 17.0 Å². The maximum Gasteiger partial charge on any atom is 0.287 e. The molecule has 6 heteroatoms. The van der Waals surface area contributed by atoms with Crippen LogP contribution in [0.15, 0.2) is 12.3 Å². The molecule has 1 aromatic heterocycles. The van der Waals surface area contributed by atoms with Crippen LogP contribution >= 0.6 is 0 Å². The van der Waals surface area contributed by atoms with Gasteiger partial charge in [0.15, 0.2) is 0 Å². The van der Waals surface area contributed by atoms with Crippen molar-refractivity contribution in [3.8, 4) is 0 Å². The van der Waals surface area contributed by atoms with E-state index < -0.39 is 4.92 Å². The summed E-state index contributed by atoms with van der Waals surface area (Å²) in [6.07, 6.45) is 1.33. The minimum absolute atomic E-state index is 0.0504. The van der Waals surface area contributed by atoms with Crippen LogP contribution in [0.3, 0.4) is 0 Å². The first-order valence-electron chi connectivity index (χ1n) is 5.67. The Morgan fingerprint density at radius 1 is 1.65 bits per heavy atom. The monoisotopic (exact) mass is 236 g/mol. The number of anilines is 1. The molecule has 0 aromatic carbocycles. The largest absolute Gasteiger partial charge is 0.354 e. The van der Waals surface area contributed by atoms with E-state index in [4.69, 9.17) is 0 Å². The number of hydrogen-bond acceptors (Lipinski definition) is 5. The second kappa shape index (κ2) is 4.67. The highest BCUT2D eigenvalue weighted by Crippen LogP contribution is 2.22. The number of nitrogens with one attached hydrogen (secondary N) is 1. The molecule has 17 heavy (non-hydrogen) atoms. The van der Waals surface area contributed by atoms with Gasteiger partial charge in [-0.05, 0) is 19.4 Å². The van der Waals surface area contributed by atoms with Crippen LogP contribution in [0.4, 0.5) is 11.5 Å². The van der Waals surface area contributed by atoms with Crippen LogP contribution < -0.4 is 10.2 Å². The van der Waals surface area contributed by atoms with Crippen LogP contribution in [0.5, 0.6) is 0 Å². The summed E-state index contributed by atoms with van der Waals surface area (Å²) in [6, 6.07) is 2.00. The van der Waals surface area contributed by atoms with Crippen molar-refractivity contribution in [2.24, 2.45) is 0 Å². The topological polar surface area (TPSA) is 71.3 Å². The Balaban J connectivity index is 2.23. The van der Waals surface area contributed by atoms with Gasteiger partial charge in [0.25, 0.3) is 5.69 Å². The van der Waals surface area contributed by atoms with Crippen LogP contribution in [0.1, 0.15) is 12.5 Å². The standard InChI is InChI=1S/C11H16N4O2/c1-8-5-10(15(16)17)6-13-11(8)14-4-3-12-9(2)7-14/h5-6,9,12H,3-4,7H2,1-2H3/t9-/m1/s1. The molecule has 1 aliphatic heterocycles. The molecule has 0 saturated carbocycles. The number of aryl methyl sites for hydroxylation is 1. The number of piperazine rings is 1. The molecule has 1 fully saturated rings. The van der Waals surface area contributed by atoms with Gasteiger partial charge < -0.3 is 10.2 Å². The number of nitrogens with zero attached hydrogens (tertiary/aromatic N) is 3. The first-order chi connectivity index (χ1) is 8.08. The number of hydrogen-bond donors (Lipinski definition) is 1. The van der Waals surface area contributed by atoms with Crippen LogP contribution in [-0.2, 0) is 0 Å². The van der Waals surface area contributed by atoms with Crippen molar-refractivity contribution >= 4 is 11.5 Å². The third-order valence-electron chi connectivity index (χ3n) is 2.92.